The van der Waals surface area contributed by atoms with Gasteiger partial charge in [0.2, 0.25) is 11.5 Å². The van der Waals surface area contributed by atoms with E-state index in [-0.39, 0.29) is 47.6 Å². The summed E-state index contributed by atoms with van der Waals surface area (Å²) in [6.45, 7) is 11.2. The smallest absolute Gasteiger partial charge is 0.343 e. The van der Waals surface area contributed by atoms with Crippen LogP contribution in [0.4, 0.5) is 0 Å². The number of hydrogen-bond donors (Lipinski definition) is 2. The van der Waals surface area contributed by atoms with E-state index in [1.165, 1.54) is 0 Å². The number of allylic oxidation sites excluding steroid dienone is 3. The first-order chi connectivity index (χ1) is 29.0. The molecule has 0 aromatic heterocycles. The molecular formula is C48H66O12. The molecule has 0 heterocycles. The molecule has 12 heteroatoms. The molecule has 0 unspecified atom stereocenters. The molecule has 12 nitrogen and oxygen atoms in total. The number of phenols is 2. The highest BCUT2D eigenvalue weighted by molar-refractivity contribution is 5.95. The molecule has 0 spiro atoms. The van der Waals surface area contributed by atoms with Gasteiger partial charge in [0.15, 0.2) is 23.0 Å². The van der Waals surface area contributed by atoms with Crippen LogP contribution in [0.1, 0.15) is 175 Å². The number of unbranched alkanes of at least 4 members (excludes halogenated alkanes) is 18. The predicted octanol–water partition coefficient (Wildman–Crippen LogP) is 11.7. The first kappa shape index (κ1) is 50.8. The zero-order valence-electron chi connectivity index (χ0n) is 35.6. The number of hydrogen-bond acceptors (Lipinski definition) is 12. The van der Waals surface area contributed by atoms with Gasteiger partial charge in [0.25, 0.3) is 0 Å². The van der Waals surface area contributed by atoms with Crippen LogP contribution in [0.2, 0.25) is 0 Å². The number of aromatic hydroxyl groups is 2. The molecule has 2 N–H and O–H groups in total. The first-order valence-electron chi connectivity index (χ1n) is 21.5. The predicted molar refractivity (Wildman–Crippen MR) is 231 cm³/mol. The normalized spacial score (nSPS) is 10.7. The van der Waals surface area contributed by atoms with Gasteiger partial charge in [-0.15, -0.1) is 19.7 Å². The van der Waals surface area contributed by atoms with Crippen molar-refractivity contribution in [2.45, 2.75) is 154 Å². The third kappa shape index (κ3) is 20.5. The van der Waals surface area contributed by atoms with Crippen LogP contribution in [-0.2, 0) is 19.1 Å². The maximum Gasteiger partial charge on any atom is 0.343 e. The van der Waals surface area contributed by atoms with Crippen molar-refractivity contribution >= 4 is 29.8 Å². The summed E-state index contributed by atoms with van der Waals surface area (Å²) >= 11 is 0. The molecule has 0 radical (unpaired) electrons. The molecule has 0 aliphatic heterocycles. The third-order valence-electron chi connectivity index (χ3n) is 9.72. The Morgan fingerprint density at radius 2 is 0.817 bits per heavy atom. The Balaban J connectivity index is 2.41. The maximum absolute atomic E-state index is 13.7. The SMILES string of the molecule is C=CCCCCCCCCC(=O)Oc1cc(C(=O)Oc2cc(C(=O)OC)cc(O)c2O)cc(OC(=O)CCCCCCCCC=C)c1OC(=O)CCCCCCCCC=C. The maximum atomic E-state index is 13.7. The summed E-state index contributed by atoms with van der Waals surface area (Å²) in [5.41, 5.74) is -0.540. The van der Waals surface area contributed by atoms with E-state index in [0.717, 1.165) is 147 Å². The van der Waals surface area contributed by atoms with E-state index in [4.69, 9.17) is 18.9 Å². The highest BCUT2D eigenvalue weighted by atomic mass is 16.6. The number of esters is 5. The van der Waals surface area contributed by atoms with Crippen molar-refractivity contribution in [2.24, 2.45) is 0 Å². The summed E-state index contributed by atoms with van der Waals surface area (Å²) in [4.78, 5) is 65.6. The van der Waals surface area contributed by atoms with Crippen molar-refractivity contribution in [1.82, 2.24) is 0 Å². The zero-order valence-corrected chi connectivity index (χ0v) is 35.6. The molecule has 0 bridgehead atoms. The van der Waals surface area contributed by atoms with E-state index < -0.39 is 47.1 Å². The number of carbonyl (C=O) groups is 5. The molecule has 2 aromatic carbocycles. The lowest BCUT2D eigenvalue weighted by Crippen LogP contribution is -2.17. The van der Waals surface area contributed by atoms with Crippen molar-refractivity contribution in [3.63, 3.8) is 0 Å². The second-order valence-electron chi connectivity index (χ2n) is 14.8. The van der Waals surface area contributed by atoms with E-state index in [1.54, 1.807) is 0 Å². The van der Waals surface area contributed by atoms with Crippen LogP contribution in [0.3, 0.4) is 0 Å². The molecular weight excluding hydrogens is 769 g/mol. The lowest BCUT2D eigenvalue weighted by molar-refractivity contribution is -0.138. The van der Waals surface area contributed by atoms with Crippen molar-refractivity contribution < 1.29 is 57.9 Å². The largest absolute Gasteiger partial charge is 0.504 e. The quantitative estimate of drug-likeness (QED) is 0.0229. The summed E-state index contributed by atoms with van der Waals surface area (Å²) in [6.07, 6.45) is 24.8. The Morgan fingerprint density at radius 3 is 1.22 bits per heavy atom. The molecule has 0 atom stereocenters. The lowest BCUT2D eigenvalue weighted by atomic mass is 10.1. The standard InChI is InChI=1S/C48H66O12/c1-5-8-11-14-17-20-23-26-29-42(50)57-40-34-37(48(55)59-39-33-36(47(54)56-4)32-38(49)45(39)53)35-41(58-43(51)30-27-24-21-18-15-12-9-6-2)46(40)60-44(52)31-28-25-22-19-16-13-10-7-3/h5-7,32-35,49,53H,1-3,8-31H2,4H3. The van der Waals surface area contributed by atoms with Gasteiger partial charge in [0, 0.05) is 19.3 Å². The number of ether oxygens (including phenoxy) is 5. The van der Waals surface area contributed by atoms with Gasteiger partial charge in [0.05, 0.1) is 18.2 Å². The topological polar surface area (TPSA) is 172 Å². The van der Waals surface area contributed by atoms with Gasteiger partial charge >= 0.3 is 29.8 Å². The average molecular weight is 835 g/mol. The molecule has 2 aromatic rings. The Morgan fingerprint density at radius 1 is 0.467 bits per heavy atom. The zero-order chi connectivity index (χ0) is 44.0. The fourth-order valence-corrected chi connectivity index (χ4v) is 6.32. The van der Waals surface area contributed by atoms with Crippen molar-refractivity contribution in [3.8, 4) is 34.5 Å². The first-order valence-corrected chi connectivity index (χ1v) is 21.5. The Hall–Kier alpha value is -5.39. The summed E-state index contributed by atoms with van der Waals surface area (Å²) in [6, 6.07) is 4.15. The van der Waals surface area contributed by atoms with Gasteiger partial charge < -0.3 is 33.9 Å². The van der Waals surface area contributed by atoms with E-state index in [2.05, 4.69) is 24.5 Å². The van der Waals surface area contributed by atoms with E-state index in [9.17, 15) is 34.2 Å². The molecule has 0 fully saturated rings. The van der Waals surface area contributed by atoms with Gasteiger partial charge in [0.1, 0.15) is 0 Å². The van der Waals surface area contributed by atoms with Crippen LogP contribution in [-0.4, -0.2) is 47.2 Å². The second-order valence-corrected chi connectivity index (χ2v) is 14.8. The summed E-state index contributed by atoms with van der Waals surface area (Å²) in [7, 11) is 1.11. The minimum absolute atomic E-state index is 0.0255. The van der Waals surface area contributed by atoms with Crippen molar-refractivity contribution in [3.05, 3.63) is 73.4 Å². The highest BCUT2D eigenvalue weighted by Gasteiger charge is 2.27. The van der Waals surface area contributed by atoms with Crippen LogP contribution in [0.15, 0.2) is 62.2 Å². The number of rotatable bonds is 33. The highest BCUT2D eigenvalue weighted by Crippen LogP contribution is 2.42. The van der Waals surface area contributed by atoms with Crippen LogP contribution in [0.25, 0.3) is 0 Å². The minimum Gasteiger partial charge on any atom is -0.504 e. The van der Waals surface area contributed by atoms with Gasteiger partial charge in [-0.3, -0.25) is 14.4 Å². The molecule has 0 saturated heterocycles. The minimum atomic E-state index is -1.15. The second kappa shape index (κ2) is 30.6. The van der Waals surface area contributed by atoms with Gasteiger partial charge in [-0.2, -0.15) is 0 Å². The number of phenolic OH excluding ortho intramolecular Hbond substituents is 2. The molecule has 0 amide bonds. The monoisotopic (exact) mass is 834 g/mol. The summed E-state index contributed by atoms with van der Waals surface area (Å²) in [5.74, 6) is -7.24. The molecule has 2 rings (SSSR count). The third-order valence-corrected chi connectivity index (χ3v) is 9.72. The lowest BCUT2D eigenvalue weighted by Gasteiger charge is -2.17. The van der Waals surface area contributed by atoms with E-state index in [0.29, 0.717) is 19.3 Å². The molecule has 0 aliphatic rings. The van der Waals surface area contributed by atoms with E-state index >= 15 is 0 Å². The molecule has 0 saturated carbocycles. The number of carbonyl (C=O) groups excluding carboxylic acids is 5. The van der Waals surface area contributed by atoms with Crippen molar-refractivity contribution in [2.75, 3.05) is 7.11 Å². The molecule has 330 valence electrons. The molecule has 60 heavy (non-hydrogen) atoms. The average Bonchev–Trinajstić information content (AvgIpc) is 3.23. The summed E-state index contributed by atoms with van der Waals surface area (Å²) in [5, 5.41) is 20.7. The fraction of sp³-hybridized carbons (Fsp3) is 0.521. The van der Waals surface area contributed by atoms with Crippen LogP contribution >= 0.6 is 0 Å². The van der Waals surface area contributed by atoms with Crippen LogP contribution in [0.5, 0.6) is 34.5 Å². The van der Waals surface area contributed by atoms with Crippen LogP contribution in [0, 0.1) is 0 Å². The van der Waals surface area contributed by atoms with Gasteiger partial charge in [-0.1, -0.05) is 95.3 Å². The fourth-order valence-electron chi connectivity index (χ4n) is 6.32. The Bertz CT molecular complexity index is 1640. The van der Waals surface area contributed by atoms with Gasteiger partial charge in [-0.05, 0) is 82.1 Å². The van der Waals surface area contributed by atoms with E-state index in [1.807, 2.05) is 18.2 Å². The Kier molecular flexibility index (Phi) is 25.9. The van der Waals surface area contributed by atoms with Gasteiger partial charge in [-0.25, -0.2) is 9.59 Å². The van der Waals surface area contributed by atoms with Crippen molar-refractivity contribution in [1.29, 1.82) is 0 Å². The molecule has 0 aliphatic carbocycles. The number of methoxy groups -OCH3 is 1. The van der Waals surface area contributed by atoms with Crippen LogP contribution < -0.4 is 18.9 Å². The number of benzene rings is 2. The summed E-state index contributed by atoms with van der Waals surface area (Å²) < 4.78 is 27.3. The Labute approximate surface area is 356 Å².